The molecule has 0 bridgehead atoms. The Morgan fingerprint density at radius 3 is 0.876 bits per heavy atom. The Labute approximate surface area is 601 Å². The molecule has 0 rings (SSSR count). The van der Waals surface area contributed by atoms with Gasteiger partial charge in [-0.15, -0.1) is 0 Å². The molecule has 2 unspecified atom stereocenters. The van der Waals surface area contributed by atoms with Crippen LogP contribution in [-0.2, 0) is 33.3 Å². The number of hydrogen-bond acceptors (Lipinski definition) is 7. The second-order valence-corrected chi connectivity index (χ2v) is 29.1. The number of carboxylic acids is 1. The number of hydrogen-bond donors (Lipinski definition) is 1. The number of aliphatic carboxylic acids is 1. The summed E-state index contributed by atoms with van der Waals surface area (Å²) in [5.74, 6) is -1.99. The van der Waals surface area contributed by atoms with Gasteiger partial charge in [0.15, 0.2) is 6.10 Å². The Bertz CT molecular complexity index is 1920. The highest BCUT2D eigenvalue weighted by Gasteiger charge is 2.25. The van der Waals surface area contributed by atoms with E-state index in [9.17, 15) is 19.5 Å². The van der Waals surface area contributed by atoms with Crippen molar-refractivity contribution in [1.82, 2.24) is 0 Å². The van der Waals surface area contributed by atoms with Gasteiger partial charge in [-0.1, -0.05) is 374 Å². The summed E-state index contributed by atoms with van der Waals surface area (Å²) in [5.41, 5.74) is 0. The number of carboxylic acid groups (broad SMARTS) is 1. The van der Waals surface area contributed by atoms with Crippen LogP contribution in [-0.4, -0.2) is 87.4 Å². The van der Waals surface area contributed by atoms with Gasteiger partial charge in [-0.25, -0.2) is 4.79 Å². The minimum Gasteiger partial charge on any atom is -0.477 e. The average Bonchev–Trinajstić information content (AvgIpc) is 2.39. The standard InChI is InChI=1S/C88H157NO8/c1-6-8-10-12-14-16-18-20-22-24-26-28-30-32-34-36-38-39-40-41-42-43-44-45-46-47-49-50-52-54-56-58-60-62-64-66-68-70-72-74-76-78-85(90)95-82-84(83-96-88(87(92)93)94-81-80-89(3,4)5)97-86(91)79-77-75-73-71-69-67-65-63-61-59-57-55-53-51-48-37-35-33-31-29-27-25-23-21-19-17-15-13-11-9-7-2/h9,11,15,17-18,20-21,23-24,26-27,29,33,35,48,51,84,88H,6-8,10,12-14,16,19,22,25,28,30-32,34,36-47,49-50,52-83H2,1-5H3/p+1/b11-9-,17-15-,20-18-,23-21-,26-24-,29-27-,35-33-,51-48-. The van der Waals surface area contributed by atoms with Gasteiger partial charge in [-0.3, -0.25) is 9.59 Å². The lowest BCUT2D eigenvalue weighted by molar-refractivity contribution is -0.870. The maximum Gasteiger partial charge on any atom is 0.361 e. The lowest BCUT2D eigenvalue weighted by Crippen LogP contribution is -2.40. The van der Waals surface area contributed by atoms with E-state index in [1.54, 1.807) is 0 Å². The zero-order valence-electron chi connectivity index (χ0n) is 64.5. The molecular formula is C88H158NO8+. The minimum atomic E-state index is -1.51. The van der Waals surface area contributed by atoms with E-state index in [2.05, 4.69) is 111 Å². The third-order valence-corrected chi connectivity index (χ3v) is 18.3. The van der Waals surface area contributed by atoms with E-state index < -0.39 is 24.3 Å². The summed E-state index contributed by atoms with van der Waals surface area (Å²) < 4.78 is 23.1. The van der Waals surface area contributed by atoms with Gasteiger partial charge < -0.3 is 28.5 Å². The molecule has 97 heavy (non-hydrogen) atoms. The molecule has 0 fully saturated rings. The van der Waals surface area contributed by atoms with Gasteiger partial charge >= 0.3 is 17.9 Å². The predicted octanol–water partition coefficient (Wildman–Crippen LogP) is 26.7. The molecule has 0 aromatic carbocycles. The highest BCUT2D eigenvalue weighted by Crippen LogP contribution is 2.19. The summed E-state index contributed by atoms with van der Waals surface area (Å²) in [6.45, 7) is 4.80. The Morgan fingerprint density at radius 1 is 0.320 bits per heavy atom. The quantitative estimate of drug-likeness (QED) is 0.0211. The van der Waals surface area contributed by atoms with Crippen molar-refractivity contribution < 1.29 is 42.9 Å². The van der Waals surface area contributed by atoms with Crippen LogP contribution in [0.15, 0.2) is 97.2 Å². The molecule has 1 N–H and O–H groups in total. The number of rotatable bonds is 77. The molecule has 562 valence electrons. The number of carbonyl (C=O) groups is 3. The molecule has 0 saturated carbocycles. The SMILES string of the molecule is CC/C=C\C/C=C\C/C=C\C/C=C\C/C=C\C/C=C\CCCCCCCCCCCCCCC(=O)OC(COC(=O)CCCCCCCCCCCCCCCCCCCCCCCCCCCCCCC/C=C\C/C=C\CCCCCCC)COC(OCC[N+](C)(C)C)C(=O)O. The number of allylic oxidation sites excluding steroid dienone is 16. The van der Waals surface area contributed by atoms with Crippen LogP contribution in [0.1, 0.15) is 386 Å². The van der Waals surface area contributed by atoms with E-state index in [-0.39, 0.29) is 32.2 Å². The molecule has 0 radical (unpaired) electrons. The van der Waals surface area contributed by atoms with Crippen LogP contribution < -0.4 is 0 Å². The maximum absolute atomic E-state index is 13.0. The Kier molecular flexibility index (Phi) is 74.9. The van der Waals surface area contributed by atoms with Crippen molar-refractivity contribution in [3.63, 3.8) is 0 Å². The first-order valence-corrected chi connectivity index (χ1v) is 41.4. The normalized spacial score (nSPS) is 13.1. The largest absolute Gasteiger partial charge is 0.477 e. The van der Waals surface area contributed by atoms with E-state index in [4.69, 9.17) is 18.9 Å². The van der Waals surface area contributed by atoms with Gasteiger partial charge in [-0.05, 0) is 96.3 Å². The van der Waals surface area contributed by atoms with Crippen molar-refractivity contribution in [2.24, 2.45) is 0 Å². The molecule has 0 aliphatic carbocycles. The molecule has 0 spiro atoms. The number of likely N-dealkylation sites (N-methyl/N-ethyl adjacent to an activating group) is 1. The van der Waals surface area contributed by atoms with Gasteiger partial charge in [-0.2, -0.15) is 0 Å². The van der Waals surface area contributed by atoms with Crippen LogP contribution in [0.2, 0.25) is 0 Å². The Balaban J connectivity index is 3.96. The maximum atomic E-state index is 13.0. The zero-order chi connectivity index (χ0) is 70.4. The molecule has 9 heteroatoms. The number of carbonyl (C=O) groups excluding carboxylic acids is 2. The number of nitrogens with zero attached hydrogens (tertiary/aromatic N) is 1. The van der Waals surface area contributed by atoms with Crippen molar-refractivity contribution in [2.45, 2.75) is 399 Å². The van der Waals surface area contributed by atoms with Gasteiger partial charge in [0.05, 0.1) is 34.4 Å². The molecular weight excluding hydrogens is 1200 g/mol. The lowest BCUT2D eigenvalue weighted by Gasteiger charge is -2.25. The fourth-order valence-corrected chi connectivity index (χ4v) is 12.1. The minimum absolute atomic E-state index is 0.182. The van der Waals surface area contributed by atoms with Crippen molar-refractivity contribution >= 4 is 17.9 Å². The predicted molar refractivity (Wildman–Crippen MR) is 419 cm³/mol. The summed E-state index contributed by atoms with van der Waals surface area (Å²) in [4.78, 5) is 37.8. The molecule has 0 amide bonds. The summed E-state index contributed by atoms with van der Waals surface area (Å²) in [5, 5.41) is 9.78. The second kappa shape index (κ2) is 77.9. The summed E-state index contributed by atoms with van der Waals surface area (Å²) in [6, 6.07) is 0. The molecule has 0 aromatic rings. The third kappa shape index (κ3) is 79.4. The average molecular weight is 1360 g/mol. The van der Waals surface area contributed by atoms with Crippen LogP contribution in [0, 0.1) is 0 Å². The van der Waals surface area contributed by atoms with Crippen molar-refractivity contribution in [2.75, 3.05) is 47.5 Å². The van der Waals surface area contributed by atoms with E-state index in [1.165, 1.54) is 270 Å². The first-order valence-electron chi connectivity index (χ1n) is 41.4. The number of unbranched alkanes of at least 4 members (excludes halogenated alkanes) is 46. The highest BCUT2D eigenvalue weighted by atomic mass is 16.7. The van der Waals surface area contributed by atoms with Crippen LogP contribution in [0.4, 0.5) is 0 Å². The van der Waals surface area contributed by atoms with Gasteiger partial charge in [0.25, 0.3) is 6.29 Å². The summed E-state index contributed by atoms with van der Waals surface area (Å²) in [7, 11) is 5.99. The van der Waals surface area contributed by atoms with Gasteiger partial charge in [0, 0.05) is 12.8 Å². The fourth-order valence-electron chi connectivity index (χ4n) is 12.1. The Morgan fingerprint density at radius 2 is 0.588 bits per heavy atom. The molecule has 0 aliphatic heterocycles. The molecule has 9 nitrogen and oxygen atoms in total. The van der Waals surface area contributed by atoms with E-state index >= 15 is 0 Å². The first kappa shape index (κ1) is 93.2. The second-order valence-electron chi connectivity index (χ2n) is 29.1. The molecule has 2 atom stereocenters. The highest BCUT2D eigenvalue weighted by molar-refractivity contribution is 5.71. The lowest BCUT2D eigenvalue weighted by atomic mass is 10.0. The summed E-state index contributed by atoms with van der Waals surface area (Å²) in [6.07, 6.45) is 106. The molecule has 0 aromatic heterocycles. The van der Waals surface area contributed by atoms with Crippen LogP contribution in [0.25, 0.3) is 0 Å². The number of ether oxygens (including phenoxy) is 4. The number of esters is 2. The van der Waals surface area contributed by atoms with Crippen molar-refractivity contribution in [1.29, 1.82) is 0 Å². The van der Waals surface area contributed by atoms with Crippen molar-refractivity contribution in [3.8, 4) is 0 Å². The van der Waals surface area contributed by atoms with E-state index in [1.807, 2.05) is 21.1 Å². The molecule has 0 heterocycles. The monoisotopic (exact) mass is 1360 g/mol. The van der Waals surface area contributed by atoms with E-state index in [0.29, 0.717) is 17.4 Å². The van der Waals surface area contributed by atoms with E-state index in [0.717, 1.165) is 89.9 Å². The smallest absolute Gasteiger partial charge is 0.361 e. The summed E-state index contributed by atoms with van der Waals surface area (Å²) >= 11 is 0. The Hall–Kier alpha value is -3.79. The fraction of sp³-hybridized carbons (Fsp3) is 0.784. The van der Waals surface area contributed by atoms with Gasteiger partial charge in [0.1, 0.15) is 13.2 Å². The van der Waals surface area contributed by atoms with Crippen LogP contribution in [0.5, 0.6) is 0 Å². The van der Waals surface area contributed by atoms with Gasteiger partial charge in [0.2, 0.25) is 0 Å². The van der Waals surface area contributed by atoms with Crippen LogP contribution in [0.3, 0.4) is 0 Å². The molecule has 0 saturated heterocycles. The number of quaternary nitrogens is 1. The van der Waals surface area contributed by atoms with Crippen molar-refractivity contribution in [3.05, 3.63) is 97.2 Å². The topological polar surface area (TPSA) is 108 Å². The first-order chi connectivity index (χ1) is 47.6. The third-order valence-electron chi connectivity index (χ3n) is 18.3. The molecule has 0 aliphatic rings. The zero-order valence-corrected chi connectivity index (χ0v) is 64.5. The van der Waals surface area contributed by atoms with Crippen LogP contribution >= 0.6 is 0 Å².